The lowest BCUT2D eigenvalue weighted by molar-refractivity contribution is 0.173. The van der Waals surface area contributed by atoms with Gasteiger partial charge in [0.25, 0.3) is 0 Å². The van der Waals surface area contributed by atoms with Crippen LogP contribution in [0.5, 0.6) is 0 Å². The molecule has 0 radical (unpaired) electrons. The van der Waals surface area contributed by atoms with Gasteiger partial charge in [-0.1, -0.05) is 11.2 Å². The van der Waals surface area contributed by atoms with E-state index < -0.39 is 0 Å². The first-order valence-corrected chi connectivity index (χ1v) is 9.01. The van der Waals surface area contributed by atoms with E-state index in [1.165, 1.54) is 5.56 Å². The summed E-state index contributed by atoms with van der Waals surface area (Å²) in [6.45, 7) is 3.30. The van der Waals surface area contributed by atoms with Crippen molar-refractivity contribution in [2.45, 2.75) is 45.4 Å². The molecule has 0 bridgehead atoms. The normalized spacial score (nSPS) is 19.7. The number of anilines is 1. The van der Waals surface area contributed by atoms with Gasteiger partial charge in [0.2, 0.25) is 5.89 Å². The number of urea groups is 1. The SMILES string of the molecule is Cc1noc(CC2CCCN(C(=O)Nc3ccc4c(n3)CCC4)C2)n1. The van der Waals surface area contributed by atoms with E-state index >= 15 is 0 Å². The molecule has 0 spiro atoms. The molecule has 1 aliphatic carbocycles. The standard InChI is InChI=1S/C18H23N5O2/c1-12-19-17(25-22-12)10-13-4-3-9-23(11-13)18(24)21-16-8-7-14-5-2-6-15(14)20-16/h7-8,13H,2-6,9-11H2,1H3,(H,20,21,24). The fourth-order valence-corrected chi connectivity index (χ4v) is 3.76. The Hall–Kier alpha value is -2.44. The number of fused-ring (bicyclic) bond motifs is 1. The van der Waals surface area contributed by atoms with Crippen molar-refractivity contribution in [3.05, 3.63) is 35.1 Å². The van der Waals surface area contributed by atoms with Crippen molar-refractivity contribution in [2.24, 2.45) is 5.92 Å². The number of aryl methyl sites for hydroxylation is 3. The van der Waals surface area contributed by atoms with E-state index in [0.717, 1.165) is 50.8 Å². The third-order valence-corrected chi connectivity index (χ3v) is 5.00. The number of likely N-dealkylation sites (tertiary alicyclic amines) is 1. The zero-order valence-electron chi connectivity index (χ0n) is 14.5. The number of carbonyl (C=O) groups is 1. The van der Waals surface area contributed by atoms with Crippen LogP contribution in [0.2, 0.25) is 0 Å². The number of hydrogen-bond donors (Lipinski definition) is 1. The van der Waals surface area contributed by atoms with E-state index in [1.54, 1.807) is 0 Å². The molecule has 2 aromatic heterocycles. The zero-order valence-corrected chi connectivity index (χ0v) is 14.5. The van der Waals surface area contributed by atoms with Crippen LogP contribution in [0.4, 0.5) is 10.6 Å². The average molecular weight is 341 g/mol. The summed E-state index contributed by atoms with van der Waals surface area (Å²) in [5, 5.41) is 6.79. The summed E-state index contributed by atoms with van der Waals surface area (Å²) in [4.78, 5) is 23.3. The van der Waals surface area contributed by atoms with Gasteiger partial charge in [-0.25, -0.2) is 9.78 Å². The molecule has 25 heavy (non-hydrogen) atoms. The lowest BCUT2D eigenvalue weighted by atomic mass is 9.95. The Kier molecular flexibility index (Phi) is 4.38. The zero-order chi connectivity index (χ0) is 17.2. The monoisotopic (exact) mass is 341 g/mol. The Labute approximate surface area is 146 Å². The molecule has 2 aromatic rings. The number of nitrogens with zero attached hydrogens (tertiary/aromatic N) is 4. The molecule has 0 saturated carbocycles. The minimum Gasteiger partial charge on any atom is -0.339 e. The lowest BCUT2D eigenvalue weighted by Crippen LogP contribution is -2.43. The van der Waals surface area contributed by atoms with Crippen LogP contribution in [-0.4, -0.2) is 39.1 Å². The van der Waals surface area contributed by atoms with Crippen LogP contribution in [0.25, 0.3) is 0 Å². The van der Waals surface area contributed by atoms with Crippen molar-refractivity contribution in [1.82, 2.24) is 20.0 Å². The topological polar surface area (TPSA) is 84.2 Å². The third-order valence-electron chi connectivity index (χ3n) is 5.00. The summed E-state index contributed by atoms with van der Waals surface area (Å²) in [6, 6.07) is 3.92. The summed E-state index contributed by atoms with van der Waals surface area (Å²) in [5.41, 5.74) is 2.44. The van der Waals surface area contributed by atoms with Crippen LogP contribution in [-0.2, 0) is 19.3 Å². The minimum atomic E-state index is -0.0724. The number of piperidine rings is 1. The van der Waals surface area contributed by atoms with Crippen molar-refractivity contribution in [2.75, 3.05) is 18.4 Å². The van der Waals surface area contributed by atoms with E-state index in [-0.39, 0.29) is 6.03 Å². The molecule has 1 saturated heterocycles. The van der Waals surface area contributed by atoms with Crippen LogP contribution >= 0.6 is 0 Å². The van der Waals surface area contributed by atoms with Gasteiger partial charge in [0, 0.05) is 25.2 Å². The summed E-state index contributed by atoms with van der Waals surface area (Å²) >= 11 is 0. The Morgan fingerprint density at radius 3 is 3.08 bits per heavy atom. The second-order valence-corrected chi connectivity index (χ2v) is 6.98. The smallest absolute Gasteiger partial charge is 0.323 e. The van der Waals surface area contributed by atoms with Crippen LogP contribution < -0.4 is 5.32 Å². The number of amides is 2. The van der Waals surface area contributed by atoms with Crippen LogP contribution in [0.1, 0.15) is 42.2 Å². The Bertz CT molecular complexity index is 773. The number of hydrogen-bond acceptors (Lipinski definition) is 5. The Balaban J connectivity index is 1.36. The molecule has 2 amide bonds. The maximum atomic E-state index is 12.6. The molecule has 1 N–H and O–H groups in total. The van der Waals surface area contributed by atoms with Crippen molar-refractivity contribution in [3.8, 4) is 0 Å². The molecule has 1 fully saturated rings. The molecule has 132 valence electrons. The van der Waals surface area contributed by atoms with E-state index in [2.05, 4.69) is 26.5 Å². The number of aromatic nitrogens is 3. The highest BCUT2D eigenvalue weighted by molar-refractivity contribution is 5.88. The molecule has 1 aliphatic heterocycles. The second kappa shape index (κ2) is 6.82. The predicted octanol–water partition coefficient (Wildman–Crippen LogP) is 2.75. The van der Waals surface area contributed by atoms with Gasteiger partial charge in [0.1, 0.15) is 5.82 Å². The lowest BCUT2D eigenvalue weighted by Gasteiger charge is -2.32. The van der Waals surface area contributed by atoms with E-state index in [4.69, 9.17) is 4.52 Å². The first-order chi connectivity index (χ1) is 12.2. The molecule has 0 aromatic carbocycles. The first kappa shape index (κ1) is 16.1. The Morgan fingerprint density at radius 1 is 1.32 bits per heavy atom. The van der Waals surface area contributed by atoms with Crippen LogP contribution in [0.15, 0.2) is 16.7 Å². The van der Waals surface area contributed by atoms with Gasteiger partial charge in [0.05, 0.1) is 0 Å². The summed E-state index contributed by atoms with van der Waals surface area (Å²) in [5.74, 6) is 2.32. The molecule has 3 heterocycles. The van der Waals surface area contributed by atoms with Gasteiger partial charge in [-0.3, -0.25) is 5.32 Å². The highest BCUT2D eigenvalue weighted by Crippen LogP contribution is 2.23. The maximum Gasteiger partial charge on any atom is 0.323 e. The number of rotatable bonds is 3. The fourth-order valence-electron chi connectivity index (χ4n) is 3.76. The van der Waals surface area contributed by atoms with Gasteiger partial charge in [-0.05, 0) is 56.6 Å². The van der Waals surface area contributed by atoms with Crippen molar-refractivity contribution in [3.63, 3.8) is 0 Å². The van der Waals surface area contributed by atoms with Gasteiger partial charge >= 0.3 is 6.03 Å². The van der Waals surface area contributed by atoms with Crippen molar-refractivity contribution in [1.29, 1.82) is 0 Å². The van der Waals surface area contributed by atoms with E-state index in [0.29, 0.717) is 30.0 Å². The molecule has 1 unspecified atom stereocenters. The summed E-state index contributed by atoms with van der Waals surface area (Å²) < 4.78 is 5.21. The van der Waals surface area contributed by atoms with Gasteiger partial charge < -0.3 is 9.42 Å². The summed E-state index contributed by atoms with van der Waals surface area (Å²) in [7, 11) is 0. The molecular weight excluding hydrogens is 318 g/mol. The highest BCUT2D eigenvalue weighted by Gasteiger charge is 2.26. The van der Waals surface area contributed by atoms with Crippen molar-refractivity contribution >= 4 is 11.8 Å². The molecule has 2 aliphatic rings. The van der Waals surface area contributed by atoms with E-state index in [1.807, 2.05) is 17.9 Å². The van der Waals surface area contributed by atoms with Gasteiger partial charge in [-0.15, -0.1) is 0 Å². The third kappa shape index (κ3) is 3.65. The quantitative estimate of drug-likeness (QED) is 0.928. The molecule has 4 rings (SSSR count). The molecule has 1 atom stereocenters. The van der Waals surface area contributed by atoms with Gasteiger partial charge in [0.15, 0.2) is 5.82 Å². The first-order valence-electron chi connectivity index (χ1n) is 9.01. The highest BCUT2D eigenvalue weighted by atomic mass is 16.5. The molecule has 7 nitrogen and oxygen atoms in total. The fraction of sp³-hybridized carbons (Fsp3) is 0.556. The number of nitrogens with one attached hydrogen (secondary N) is 1. The van der Waals surface area contributed by atoms with Crippen molar-refractivity contribution < 1.29 is 9.32 Å². The minimum absolute atomic E-state index is 0.0724. The predicted molar refractivity (Wildman–Crippen MR) is 92.3 cm³/mol. The second-order valence-electron chi connectivity index (χ2n) is 6.98. The average Bonchev–Trinajstić information content (AvgIpc) is 3.23. The van der Waals surface area contributed by atoms with E-state index in [9.17, 15) is 4.79 Å². The molecular formula is C18H23N5O2. The molecule has 7 heteroatoms. The maximum absolute atomic E-state index is 12.6. The largest absolute Gasteiger partial charge is 0.339 e. The Morgan fingerprint density at radius 2 is 2.24 bits per heavy atom. The van der Waals surface area contributed by atoms with Crippen LogP contribution in [0, 0.1) is 12.8 Å². The summed E-state index contributed by atoms with van der Waals surface area (Å²) in [6.07, 6.45) is 6.05. The number of pyridine rings is 1. The number of carbonyl (C=O) groups excluding carboxylic acids is 1. The van der Waals surface area contributed by atoms with Crippen LogP contribution in [0.3, 0.4) is 0 Å². The van der Waals surface area contributed by atoms with Gasteiger partial charge in [-0.2, -0.15) is 4.98 Å².